The highest BCUT2D eigenvalue weighted by Crippen LogP contribution is 2.26. The number of halogens is 1. The molecule has 3 heterocycles. The molecular formula is C26H27ClN4O3. The molecule has 0 aliphatic carbocycles. The predicted octanol–water partition coefficient (Wildman–Crippen LogP) is 3.71. The van der Waals surface area contributed by atoms with Gasteiger partial charge in [-0.25, -0.2) is 4.98 Å². The normalized spacial score (nSPS) is 17.0. The van der Waals surface area contributed by atoms with Crippen LogP contribution in [0.1, 0.15) is 27.1 Å². The number of amides is 2. The van der Waals surface area contributed by atoms with Crippen LogP contribution in [0.5, 0.6) is 0 Å². The third-order valence-electron chi connectivity index (χ3n) is 6.41. The van der Waals surface area contributed by atoms with Crippen LogP contribution < -0.4 is 4.90 Å². The van der Waals surface area contributed by atoms with Gasteiger partial charge in [0, 0.05) is 55.2 Å². The lowest BCUT2D eigenvalue weighted by Crippen LogP contribution is -2.41. The molecule has 2 aliphatic heterocycles. The second-order valence-corrected chi connectivity index (χ2v) is 9.03. The lowest BCUT2D eigenvalue weighted by molar-refractivity contribution is 0.0304. The quantitative estimate of drug-likeness (QED) is 0.574. The molecule has 3 aromatic rings. The Bertz CT molecular complexity index is 1210. The molecule has 8 heteroatoms. The molecular weight excluding hydrogens is 452 g/mol. The summed E-state index contributed by atoms with van der Waals surface area (Å²) in [5.74, 6) is 0.766. The summed E-state index contributed by atoms with van der Waals surface area (Å²) in [6.45, 7) is 4.94. The maximum Gasteiger partial charge on any atom is 0.254 e. The number of hydrogen-bond acceptors (Lipinski definition) is 5. The first-order valence-corrected chi connectivity index (χ1v) is 12.0. The maximum atomic E-state index is 13.4. The fourth-order valence-corrected chi connectivity index (χ4v) is 4.78. The van der Waals surface area contributed by atoms with Gasteiger partial charge in [-0.05, 0) is 36.8 Å². The number of carbonyl (C=O) groups excluding carboxylic acids is 2. The summed E-state index contributed by atoms with van der Waals surface area (Å²) in [5.41, 5.74) is 2.06. The van der Waals surface area contributed by atoms with Gasteiger partial charge in [0.25, 0.3) is 11.8 Å². The van der Waals surface area contributed by atoms with Gasteiger partial charge >= 0.3 is 0 Å². The van der Waals surface area contributed by atoms with E-state index in [1.54, 1.807) is 24.3 Å². The zero-order valence-corrected chi connectivity index (χ0v) is 19.7. The SMILES string of the molecule is O=C(c1cccc(Cl)c1)N1CCCN(c2cc(C(=O)N3CCOCC3)c3ccccc3n2)CC1. The van der Waals surface area contributed by atoms with E-state index in [9.17, 15) is 9.59 Å². The van der Waals surface area contributed by atoms with Crippen LogP contribution in [0.2, 0.25) is 5.02 Å². The summed E-state index contributed by atoms with van der Waals surface area (Å²) in [7, 11) is 0. The van der Waals surface area contributed by atoms with Gasteiger partial charge in [0.15, 0.2) is 0 Å². The van der Waals surface area contributed by atoms with Crippen LogP contribution in [-0.4, -0.2) is 79.1 Å². The average Bonchev–Trinajstić information content (AvgIpc) is 3.14. The Labute approximate surface area is 203 Å². The highest BCUT2D eigenvalue weighted by Gasteiger charge is 2.25. The number of benzene rings is 2. The monoisotopic (exact) mass is 478 g/mol. The molecule has 7 nitrogen and oxygen atoms in total. The number of morpholine rings is 1. The van der Waals surface area contributed by atoms with Gasteiger partial charge in [0.05, 0.1) is 24.3 Å². The van der Waals surface area contributed by atoms with Crippen LogP contribution in [0.4, 0.5) is 5.82 Å². The summed E-state index contributed by atoms with van der Waals surface area (Å²) in [5, 5.41) is 1.41. The Kier molecular flexibility index (Phi) is 6.65. The first kappa shape index (κ1) is 22.6. The molecule has 0 saturated carbocycles. The smallest absolute Gasteiger partial charge is 0.254 e. The zero-order valence-electron chi connectivity index (χ0n) is 19.0. The van der Waals surface area contributed by atoms with Crippen molar-refractivity contribution in [3.63, 3.8) is 0 Å². The summed E-state index contributed by atoms with van der Waals surface area (Å²) >= 11 is 6.08. The van der Waals surface area contributed by atoms with Crippen molar-refractivity contribution in [2.75, 3.05) is 57.4 Å². The fraction of sp³-hybridized carbons (Fsp3) is 0.346. The van der Waals surface area contributed by atoms with Crippen molar-refractivity contribution in [1.82, 2.24) is 14.8 Å². The molecule has 2 amide bonds. The van der Waals surface area contributed by atoms with Gasteiger partial charge in [-0.1, -0.05) is 35.9 Å². The molecule has 2 aliphatic rings. The molecule has 2 aromatic carbocycles. The zero-order chi connectivity index (χ0) is 23.5. The number of hydrogen-bond donors (Lipinski definition) is 0. The highest BCUT2D eigenvalue weighted by atomic mass is 35.5. The molecule has 0 N–H and O–H groups in total. The van der Waals surface area contributed by atoms with Crippen LogP contribution in [0.3, 0.4) is 0 Å². The van der Waals surface area contributed by atoms with Crippen LogP contribution in [0.25, 0.3) is 10.9 Å². The molecule has 0 radical (unpaired) electrons. The van der Waals surface area contributed by atoms with E-state index in [2.05, 4.69) is 4.90 Å². The van der Waals surface area contributed by atoms with E-state index in [1.165, 1.54) is 0 Å². The number of nitrogens with zero attached hydrogens (tertiary/aromatic N) is 4. The molecule has 0 atom stereocenters. The lowest BCUT2D eigenvalue weighted by atomic mass is 10.1. The fourth-order valence-electron chi connectivity index (χ4n) is 4.59. The summed E-state index contributed by atoms with van der Waals surface area (Å²) < 4.78 is 5.42. The Morgan fingerprint density at radius 3 is 2.44 bits per heavy atom. The third kappa shape index (κ3) is 4.72. The summed E-state index contributed by atoms with van der Waals surface area (Å²) in [6.07, 6.45) is 0.813. The van der Waals surface area contributed by atoms with E-state index in [0.717, 1.165) is 29.7 Å². The molecule has 2 fully saturated rings. The second-order valence-electron chi connectivity index (χ2n) is 8.59. The van der Waals surface area contributed by atoms with Crippen molar-refractivity contribution in [1.29, 1.82) is 0 Å². The van der Waals surface area contributed by atoms with E-state index in [4.69, 9.17) is 21.3 Å². The minimum absolute atomic E-state index is 0.00994. The van der Waals surface area contributed by atoms with Crippen molar-refractivity contribution in [3.05, 3.63) is 70.7 Å². The number of para-hydroxylation sites is 1. The minimum Gasteiger partial charge on any atom is -0.378 e. The number of pyridine rings is 1. The van der Waals surface area contributed by atoms with Crippen molar-refractivity contribution < 1.29 is 14.3 Å². The minimum atomic E-state index is -0.0148. The van der Waals surface area contributed by atoms with Crippen molar-refractivity contribution in [3.8, 4) is 0 Å². The highest BCUT2D eigenvalue weighted by molar-refractivity contribution is 6.31. The molecule has 34 heavy (non-hydrogen) atoms. The molecule has 0 bridgehead atoms. The molecule has 2 saturated heterocycles. The van der Waals surface area contributed by atoms with E-state index in [0.29, 0.717) is 62.1 Å². The Morgan fingerprint density at radius 1 is 0.824 bits per heavy atom. The molecule has 1 aromatic heterocycles. The van der Waals surface area contributed by atoms with Gasteiger partial charge in [-0.2, -0.15) is 0 Å². The Balaban J connectivity index is 1.39. The molecule has 5 rings (SSSR count). The van der Waals surface area contributed by atoms with Gasteiger partial charge < -0.3 is 19.4 Å². The number of aromatic nitrogens is 1. The lowest BCUT2D eigenvalue weighted by Gasteiger charge is -2.28. The average molecular weight is 479 g/mol. The maximum absolute atomic E-state index is 13.4. The van der Waals surface area contributed by atoms with Crippen molar-refractivity contribution in [2.45, 2.75) is 6.42 Å². The molecule has 176 valence electrons. The Morgan fingerprint density at radius 2 is 1.62 bits per heavy atom. The predicted molar refractivity (Wildman–Crippen MR) is 133 cm³/mol. The van der Waals surface area contributed by atoms with E-state index < -0.39 is 0 Å². The van der Waals surface area contributed by atoms with Crippen molar-refractivity contribution in [2.24, 2.45) is 0 Å². The van der Waals surface area contributed by atoms with Crippen LogP contribution in [0, 0.1) is 0 Å². The van der Waals surface area contributed by atoms with Crippen LogP contribution in [0.15, 0.2) is 54.6 Å². The van der Waals surface area contributed by atoms with E-state index >= 15 is 0 Å². The topological polar surface area (TPSA) is 66.0 Å². The molecule has 0 unspecified atom stereocenters. The first-order valence-electron chi connectivity index (χ1n) is 11.7. The summed E-state index contributed by atoms with van der Waals surface area (Å²) in [4.78, 5) is 37.2. The molecule has 0 spiro atoms. The second kappa shape index (κ2) is 9.99. The van der Waals surface area contributed by atoms with Gasteiger partial charge in [-0.3, -0.25) is 9.59 Å². The van der Waals surface area contributed by atoms with Gasteiger partial charge in [0.2, 0.25) is 0 Å². The van der Waals surface area contributed by atoms with Crippen molar-refractivity contribution >= 4 is 40.1 Å². The summed E-state index contributed by atoms with van der Waals surface area (Å²) in [6, 6.07) is 16.8. The number of fused-ring (bicyclic) bond motifs is 1. The first-order chi connectivity index (χ1) is 16.6. The van der Waals surface area contributed by atoms with E-state index in [-0.39, 0.29) is 11.8 Å². The largest absolute Gasteiger partial charge is 0.378 e. The van der Waals surface area contributed by atoms with Crippen LogP contribution in [-0.2, 0) is 4.74 Å². The van der Waals surface area contributed by atoms with Gasteiger partial charge in [0.1, 0.15) is 5.82 Å². The standard InChI is InChI=1S/C26H27ClN4O3/c27-20-6-3-5-19(17-20)25(32)30-10-4-9-29(11-12-30)24-18-22(21-7-1-2-8-23(21)28-24)26(33)31-13-15-34-16-14-31/h1-3,5-8,17-18H,4,9-16H2. The number of anilines is 1. The van der Waals surface area contributed by atoms with Gasteiger partial charge in [-0.15, -0.1) is 0 Å². The van der Waals surface area contributed by atoms with Crippen LogP contribution >= 0.6 is 11.6 Å². The number of carbonyl (C=O) groups is 2. The number of ether oxygens (including phenoxy) is 1. The number of rotatable bonds is 3. The van der Waals surface area contributed by atoms with E-state index in [1.807, 2.05) is 40.1 Å². The third-order valence-corrected chi connectivity index (χ3v) is 6.65. The Hall–Kier alpha value is -3.16.